The topological polar surface area (TPSA) is 20.3 Å². The molecule has 0 aromatic rings. The van der Waals surface area contributed by atoms with Crippen molar-refractivity contribution in [2.75, 3.05) is 13.1 Å². The van der Waals surface area contributed by atoms with E-state index in [9.17, 15) is 4.79 Å². The molecule has 0 bridgehead atoms. The van der Waals surface area contributed by atoms with Crippen LogP contribution in [0.1, 0.15) is 26.2 Å². The highest BCUT2D eigenvalue weighted by Crippen LogP contribution is 2.01. The molecule has 0 aromatic heterocycles. The van der Waals surface area contributed by atoms with Crippen LogP contribution in [0.4, 0.5) is 0 Å². The molecule has 3 heteroatoms. The van der Waals surface area contributed by atoms with Crippen LogP contribution in [-0.2, 0) is 4.79 Å². The summed E-state index contributed by atoms with van der Waals surface area (Å²) in [6.45, 7) is 4.32. The number of rotatable bonds is 6. The van der Waals surface area contributed by atoms with Gasteiger partial charge in [0.2, 0.25) is 0 Å². The maximum Gasteiger partial charge on any atom is 0.120 e. The summed E-state index contributed by atoms with van der Waals surface area (Å²) in [5.41, 5.74) is 0. The van der Waals surface area contributed by atoms with Crippen LogP contribution in [0.25, 0.3) is 0 Å². The lowest BCUT2D eigenvalue weighted by molar-refractivity contribution is -0.107. The Hall–Kier alpha value is 0.360. The molecular weight excluding hydrogens is 241 g/mol. The average molecular weight is 255 g/mol. The molecular formula is C7H14INO. The lowest BCUT2D eigenvalue weighted by Crippen LogP contribution is -2.13. The summed E-state index contributed by atoms with van der Waals surface area (Å²) in [4.78, 5) is 9.92. The van der Waals surface area contributed by atoms with E-state index in [1.807, 2.05) is 0 Å². The van der Waals surface area contributed by atoms with Crippen molar-refractivity contribution in [1.29, 1.82) is 0 Å². The number of carbonyl (C=O) groups excluding carboxylic acids is 1. The Labute approximate surface area is 76.5 Å². The van der Waals surface area contributed by atoms with Gasteiger partial charge in [-0.05, 0) is 12.8 Å². The molecule has 0 atom stereocenters. The van der Waals surface area contributed by atoms with Crippen LogP contribution in [0.2, 0.25) is 0 Å². The van der Waals surface area contributed by atoms with E-state index in [0.717, 1.165) is 25.8 Å². The van der Waals surface area contributed by atoms with Crippen LogP contribution in [0.15, 0.2) is 0 Å². The Balaban J connectivity index is 3.04. The van der Waals surface area contributed by atoms with Crippen molar-refractivity contribution >= 4 is 29.2 Å². The molecule has 0 aliphatic heterocycles. The molecule has 0 saturated carbocycles. The zero-order valence-electron chi connectivity index (χ0n) is 6.35. The van der Waals surface area contributed by atoms with E-state index < -0.39 is 0 Å². The summed E-state index contributed by atoms with van der Waals surface area (Å²) < 4.78 is 2.22. The molecule has 0 heterocycles. The number of hydrogen-bond donors (Lipinski definition) is 0. The molecule has 0 aromatic carbocycles. The fourth-order valence-corrected chi connectivity index (χ4v) is 1.52. The fraction of sp³-hybridized carbons (Fsp3) is 0.857. The Morgan fingerprint density at radius 2 is 2.20 bits per heavy atom. The van der Waals surface area contributed by atoms with Crippen LogP contribution in [0.5, 0.6) is 0 Å². The molecule has 0 radical (unpaired) electrons. The normalized spacial score (nSPS) is 10.3. The molecule has 0 spiro atoms. The van der Waals surface area contributed by atoms with E-state index in [2.05, 4.69) is 32.9 Å². The molecule has 0 fully saturated rings. The maximum atomic E-state index is 9.92. The third-order valence-corrected chi connectivity index (χ3v) is 2.15. The number of halogens is 1. The lowest BCUT2D eigenvalue weighted by Gasteiger charge is -2.10. The molecule has 10 heavy (non-hydrogen) atoms. The predicted octanol–water partition coefficient (Wildman–Crippen LogP) is 2.03. The molecule has 2 nitrogen and oxygen atoms in total. The summed E-state index contributed by atoms with van der Waals surface area (Å²) >= 11 is 2.30. The average Bonchev–Trinajstić information content (AvgIpc) is 1.89. The predicted molar refractivity (Wildman–Crippen MR) is 51.2 cm³/mol. The van der Waals surface area contributed by atoms with Gasteiger partial charge in [0.1, 0.15) is 6.29 Å². The van der Waals surface area contributed by atoms with Crippen molar-refractivity contribution in [3.63, 3.8) is 0 Å². The Bertz CT molecular complexity index is 87.7. The summed E-state index contributed by atoms with van der Waals surface area (Å²) in [6, 6.07) is 0. The van der Waals surface area contributed by atoms with E-state index in [-0.39, 0.29) is 0 Å². The standard InChI is InChI=1S/C7H14INO/c1-2-5-9(8)6-3-4-7-10/h7H,2-6H2,1H3. The SMILES string of the molecule is CCCN(I)CCCC=O. The monoisotopic (exact) mass is 255 g/mol. The van der Waals surface area contributed by atoms with Gasteiger partial charge in [0, 0.05) is 42.4 Å². The van der Waals surface area contributed by atoms with Gasteiger partial charge in [-0.2, -0.15) is 0 Å². The highest BCUT2D eigenvalue weighted by atomic mass is 127. The molecule has 0 aliphatic carbocycles. The quantitative estimate of drug-likeness (QED) is 0.313. The minimum atomic E-state index is 0.698. The van der Waals surface area contributed by atoms with E-state index in [1.54, 1.807) is 0 Å². The lowest BCUT2D eigenvalue weighted by atomic mass is 10.3. The summed E-state index contributed by atoms with van der Waals surface area (Å²) in [5, 5.41) is 0. The number of aldehydes is 1. The maximum absolute atomic E-state index is 9.92. The molecule has 0 N–H and O–H groups in total. The van der Waals surface area contributed by atoms with Crippen molar-refractivity contribution in [2.24, 2.45) is 0 Å². The van der Waals surface area contributed by atoms with E-state index in [4.69, 9.17) is 0 Å². The smallest absolute Gasteiger partial charge is 0.120 e. The summed E-state index contributed by atoms with van der Waals surface area (Å²) in [7, 11) is 0. The van der Waals surface area contributed by atoms with Crippen LogP contribution in [0.3, 0.4) is 0 Å². The Kier molecular flexibility index (Phi) is 7.74. The Morgan fingerprint density at radius 3 is 2.70 bits per heavy atom. The van der Waals surface area contributed by atoms with Gasteiger partial charge >= 0.3 is 0 Å². The van der Waals surface area contributed by atoms with Gasteiger partial charge in [-0.15, -0.1) is 0 Å². The van der Waals surface area contributed by atoms with Crippen LogP contribution in [-0.4, -0.2) is 22.5 Å². The first-order valence-corrected chi connectivity index (χ1v) is 4.62. The van der Waals surface area contributed by atoms with E-state index in [1.165, 1.54) is 6.42 Å². The van der Waals surface area contributed by atoms with Gasteiger partial charge in [0.15, 0.2) is 0 Å². The van der Waals surface area contributed by atoms with E-state index >= 15 is 0 Å². The van der Waals surface area contributed by atoms with Crippen LogP contribution < -0.4 is 0 Å². The zero-order chi connectivity index (χ0) is 7.82. The third-order valence-electron chi connectivity index (χ3n) is 1.19. The van der Waals surface area contributed by atoms with E-state index in [0.29, 0.717) is 6.42 Å². The van der Waals surface area contributed by atoms with Crippen molar-refractivity contribution in [1.82, 2.24) is 3.11 Å². The molecule has 0 saturated heterocycles. The first-order chi connectivity index (χ1) is 4.81. The fourth-order valence-electron chi connectivity index (χ4n) is 0.701. The van der Waals surface area contributed by atoms with Crippen molar-refractivity contribution < 1.29 is 4.79 Å². The van der Waals surface area contributed by atoms with Crippen molar-refractivity contribution in [3.8, 4) is 0 Å². The minimum absolute atomic E-state index is 0.698. The molecule has 0 unspecified atom stereocenters. The van der Waals surface area contributed by atoms with Gasteiger partial charge in [0.05, 0.1) is 0 Å². The molecule has 0 aliphatic rings. The van der Waals surface area contributed by atoms with Crippen LogP contribution >= 0.6 is 22.9 Å². The first-order valence-electron chi connectivity index (χ1n) is 3.65. The van der Waals surface area contributed by atoms with Gasteiger partial charge in [-0.25, -0.2) is 3.11 Å². The molecule has 0 rings (SSSR count). The number of nitrogens with zero attached hydrogens (tertiary/aromatic N) is 1. The summed E-state index contributed by atoms with van der Waals surface area (Å²) in [6.07, 6.45) is 3.86. The largest absolute Gasteiger partial charge is 0.303 e. The second-order valence-corrected chi connectivity index (χ2v) is 3.58. The van der Waals surface area contributed by atoms with Crippen molar-refractivity contribution in [3.05, 3.63) is 0 Å². The first kappa shape index (κ1) is 10.4. The van der Waals surface area contributed by atoms with Crippen molar-refractivity contribution in [2.45, 2.75) is 26.2 Å². The molecule has 0 amide bonds. The second-order valence-electron chi connectivity index (χ2n) is 2.22. The molecule has 60 valence electrons. The zero-order valence-corrected chi connectivity index (χ0v) is 8.50. The third kappa shape index (κ3) is 6.48. The second kappa shape index (κ2) is 7.47. The minimum Gasteiger partial charge on any atom is -0.303 e. The van der Waals surface area contributed by atoms with Gasteiger partial charge < -0.3 is 4.79 Å². The van der Waals surface area contributed by atoms with Gasteiger partial charge in [-0.3, -0.25) is 0 Å². The van der Waals surface area contributed by atoms with Gasteiger partial charge in [0.25, 0.3) is 0 Å². The highest BCUT2D eigenvalue weighted by Gasteiger charge is 1.95. The number of hydrogen-bond acceptors (Lipinski definition) is 2. The number of unbranched alkanes of at least 4 members (excludes halogenated alkanes) is 1. The summed E-state index contributed by atoms with van der Waals surface area (Å²) in [5.74, 6) is 0. The van der Waals surface area contributed by atoms with Crippen LogP contribution in [0, 0.1) is 0 Å². The number of carbonyl (C=O) groups is 1. The highest BCUT2D eigenvalue weighted by molar-refractivity contribution is 14.1. The van der Waals surface area contributed by atoms with Gasteiger partial charge in [-0.1, -0.05) is 6.92 Å². The Morgan fingerprint density at radius 1 is 1.50 bits per heavy atom.